The van der Waals surface area contributed by atoms with Crippen molar-refractivity contribution in [2.24, 2.45) is 5.73 Å². The minimum atomic E-state index is -0.578. The van der Waals surface area contributed by atoms with Gasteiger partial charge in [-0.3, -0.25) is 4.79 Å². The molecule has 5 N–H and O–H groups in total. The van der Waals surface area contributed by atoms with E-state index in [0.29, 0.717) is 40.9 Å². The Kier molecular flexibility index (Phi) is 5.78. The quantitative estimate of drug-likeness (QED) is 0.450. The summed E-state index contributed by atoms with van der Waals surface area (Å²) < 4.78 is 30.1. The molecule has 2 aromatic heterocycles. The normalized spacial score (nSPS) is 16.8. The number of amides is 1. The number of halogens is 2. The van der Waals surface area contributed by atoms with E-state index >= 15 is 0 Å². The van der Waals surface area contributed by atoms with Crippen LogP contribution in [0.25, 0.3) is 0 Å². The van der Waals surface area contributed by atoms with Gasteiger partial charge in [0.25, 0.3) is 0 Å². The SMILES string of the molecule is NC(CC(=O)NCc1c[nH]c(=S)n1C1CCc2c(F)cc(F)cc2C1)c1cnc[nH]1. The average molecular weight is 433 g/mol. The van der Waals surface area contributed by atoms with Crippen molar-refractivity contribution in [2.45, 2.75) is 44.3 Å². The van der Waals surface area contributed by atoms with Crippen molar-refractivity contribution in [3.8, 4) is 0 Å². The van der Waals surface area contributed by atoms with Crippen LogP contribution >= 0.6 is 12.2 Å². The number of rotatable bonds is 6. The summed E-state index contributed by atoms with van der Waals surface area (Å²) in [5.41, 5.74) is 8.72. The summed E-state index contributed by atoms with van der Waals surface area (Å²) in [5.74, 6) is -1.28. The molecule has 3 aromatic rings. The molecular formula is C20H22F2N6OS. The van der Waals surface area contributed by atoms with Gasteiger partial charge in [0.15, 0.2) is 4.77 Å². The van der Waals surface area contributed by atoms with E-state index in [1.165, 1.54) is 12.4 Å². The van der Waals surface area contributed by atoms with E-state index in [4.69, 9.17) is 18.0 Å². The van der Waals surface area contributed by atoms with Gasteiger partial charge in [-0.15, -0.1) is 0 Å². The molecule has 2 unspecified atom stereocenters. The number of aromatic nitrogens is 4. The van der Waals surface area contributed by atoms with Gasteiger partial charge < -0.3 is 25.6 Å². The summed E-state index contributed by atoms with van der Waals surface area (Å²) in [6, 6.07) is 1.80. The van der Waals surface area contributed by atoms with Crippen LogP contribution in [0.5, 0.6) is 0 Å². The Morgan fingerprint density at radius 3 is 3.00 bits per heavy atom. The highest BCUT2D eigenvalue weighted by molar-refractivity contribution is 7.71. The maximum absolute atomic E-state index is 14.0. The molecule has 1 aliphatic rings. The van der Waals surface area contributed by atoms with Gasteiger partial charge in [0.2, 0.25) is 5.91 Å². The zero-order valence-corrected chi connectivity index (χ0v) is 16.9. The number of imidazole rings is 2. The molecule has 2 atom stereocenters. The summed E-state index contributed by atoms with van der Waals surface area (Å²) in [7, 11) is 0. The van der Waals surface area contributed by atoms with Gasteiger partial charge in [0.1, 0.15) is 11.6 Å². The second-order valence-corrected chi connectivity index (χ2v) is 7.86. The van der Waals surface area contributed by atoms with Crippen LogP contribution < -0.4 is 11.1 Å². The number of nitrogens with zero attached hydrogens (tertiary/aromatic N) is 2. The van der Waals surface area contributed by atoms with Gasteiger partial charge in [0, 0.05) is 30.9 Å². The third-order valence-corrected chi connectivity index (χ3v) is 5.80. The molecule has 0 fully saturated rings. The number of aromatic amines is 2. The predicted molar refractivity (Wildman–Crippen MR) is 109 cm³/mol. The van der Waals surface area contributed by atoms with Crippen LogP contribution in [0, 0.1) is 16.4 Å². The zero-order valence-electron chi connectivity index (χ0n) is 16.1. The molecular weight excluding hydrogens is 410 g/mol. The molecule has 10 heteroatoms. The smallest absolute Gasteiger partial charge is 0.222 e. The van der Waals surface area contributed by atoms with E-state index in [-0.39, 0.29) is 24.9 Å². The summed E-state index contributed by atoms with van der Waals surface area (Å²) >= 11 is 5.42. The van der Waals surface area contributed by atoms with E-state index in [1.807, 2.05) is 4.57 Å². The largest absolute Gasteiger partial charge is 0.350 e. The lowest BCUT2D eigenvalue weighted by atomic mass is 9.87. The Labute approximate surface area is 176 Å². The molecule has 2 heterocycles. The molecule has 1 amide bonds. The van der Waals surface area contributed by atoms with Gasteiger partial charge in [-0.05, 0) is 48.7 Å². The minimum Gasteiger partial charge on any atom is -0.350 e. The lowest BCUT2D eigenvalue weighted by Gasteiger charge is -2.27. The van der Waals surface area contributed by atoms with Crippen molar-refractivity contribution >= 4 is 18.1 Å². The first-order valence-electron chi connectivity index (χ1n) is 9.68. The number of nitrogens with two attached hydrogens (primary N) is 1. The molecule has 0 radical (unpaired) electrons. The number of carbonyl (C=O) groups excluding carboxylic acids is 1. The number of nitrogens with one attached hydrogen (secondary N) is 3. The molecule has 0 saturated carbocycles. The molecule has 30 heavy (non-hydrogen) atoms. The molecule has 0 saturated heterocycles. The summed E-state index contributed by atoms with van der Waals surface area (Å²) in [4.78, 5) is 22.1. The van der Waals surface area contributed by atoms with Crippen LogP contribution in [0.4, 0.5) is 8.78 Å². The highest BCUT2D eigenvalue weighted by Crippen LogP contribution is 2.32. The summed E-state index contributed by atoms with van der Waals surface area (Å²) in [5, 5.41) is 2.86. The number of hydrogen-bond acceptors (Lipinski definition) is 4. The average Bonchev–Trinajstić information content (AvgIpc) is 3.35. The summed E-state index contributed by atoms with van der Waals surface area (Å²) in [6.45, 7) is 0.266. The van der Waals surface area contributed by atoms with Crippen molar-refractivity contribution in [1.82, 2.24) is 24.8 Å². The first-order valence-corrected chi connectivity index (χ1v) is 10.1. The number of benzene rings is 1. The highest BCUT2D eigenvalue weighted by atomic mass is 32.1. The Hall–Kier alpha value is -2.85. The summed E-state index contributed by atoms with van der Waals surface area (Å²) in [6.07, 6.45) is 6.62. The van der Waals surface area contributed by atoms with Crippen LogP contribution in [-0.4, -0.2) is 25.4 Å². The third kappa shape index (κ3) is 4.19. The lowest BCUT2D eigenvalue weighted by molar-refractivity contribution is -0.121. The predicted octanol–water partition coefficient (Wildman–Crippen LogP) is 2.98. The minimum absolute atomic E-state index is 0.0448. The molecule has 1 aliphatic carbocycles. The van der Waals surface area contributed by atoms with E-state index < -0.39 is 17.7 Å². The molecule has 7 nitrogen and oxygen atoms in total. The fraction of sp³-hybridized carbons (Fsp3) is 0.350. The van der Waals surface area contributed by atoms with Crippen LogP contribution in [-0.2, 0) is 24.2 Å². The number of hydrogen-bond donors (Lipinski definition) is 4. The van der Waals surface area contributed by atoms with Crippen molar-refractivity contribution in [3.05, 3.63) is 69.8 Å². The molecule has 4 rings (SSSR count). The van der Waals surface area contributed by atoms with Gasteiger partial charge in [-0.1, -0.05) is 0 Å². The van der Waals surface area contributed by atoms with Gasteiger partial charge in [-0.25, -0.2) is 13.8 Å². The monoisotopic (exact) mass is 432 g/mol. The van der Waals surface area contributed by atoms with E-state index in [9.17, 15) is 13.6 Å². The van der Waals surface area contributed by atoms with Crippen molar-refractivity contribution < 1.29 is 13.6 Å². The number of H-pyrrole nitrogens is 2. The van der Waals surface area contributed by atoms with Crippen LogP contribution in [0.1, 0.15) is 47.4 Å². The lowest BCUT2D eigenvalue weighted by Crippen LogP contribution is -2.29. The second-order valence-electron chi connectivity index (χ2n) is 7.47. The van der Waals surface area contributed by atoms with E-state index in [1.54, 1.807) is 12.4 Å². The molecule has 1 aromatic carbocycles. The van der Waals surface area contributed by atoms with Crippen LogP contribution in [0.2, 0.25) is 0 Å². The Bertz CT molecular complexity index is 1110. The van der Waals surface area contributed by atoms with E-state index in [0.717, 1.165) is 11.8 Å². The number of fused-ring (bicyclic) bond motifs is 1. The fourth-order valence-electron chi connectivity index (χ4n) is 4.00. The van der Waals surface area contributed by atoms with Crippen LogP contribution in [0.3, 0.4) is 0 Å². The Morgan fingerprint density at radius 1 is 1.40 bits per heavy atom. The van der Waals surface area contributed by atoms with Crippen molar-refractivity contribution in [2.75, 3.05) is 0 Å². The fourth-order valence-corrected chi connectivity index (χ4v) is 4.32. The molecule has 0 bridgehead atoms. The first-order chi connectivity index (χ1) is 14.4. The zero-order chi connectivity index (χ0) is 21.3. The van der Waals surface area contributed by atoms with Crippen molar-refractivity contribution in [3.63, 3.8) is 0 Å². The standard InChI is InChI=1S/C20H22F2N6OS/c21-12-3-11-4-13(1-2-15(11)16(22)5-12)28-14(8-26-20(28)30)7-25-19(29)6-17(23)18-9-24-10-27-18/h3,5,8-10,13,17H,1-2,4,6-7,23H2,(H,24,27)(H,25,29)(H,26,30). The van der Waals surface area contributed by atoms with E-state index in [2.05, 4.69) is 20.3 Å². The first kappa shape index (κ1) is 20.4. The maximum atomic E-state index is 14.0. The number of carbonyl (C=O) groups is 1. The maximum Gasteiger partial charge on any atom is 0.222 e. The molecule has 158 valence electrons. The second kappa shape index (κ2) is 8.49. The third-order valence-electron chi connectivity index (χ3n) is 5.48. The van der Waals surface area contributed by atoms with Crippen LogP contribution in [0.15, 0.2) is 30.9 Å². The van der Waals surface area contributed by atoms with Gasteiger partial charge in [0.05, 0.1) is 30.3 Å². The highest BCUT2D eigenvalue weighted by Gasteiger charge is 2.25. The van der Waals surface area contributed by atoms with Gasteiger partial charge >= 0.3 is 0 Å². The van der Waals surface area contributed by atoms with Gasteiger partial charge in [-0.2, -0.15) is 0 Å². The topological polar surface area (TPSA) is 105 Å². The molecule has 0 aliphatic heterocycles. The van der Waals surface area contributed by atoms with Crippen molar-refractivity contribution in [1.29, 1.82) is 0 Å². The molecule has 0 spiro atoms. The Balaban J connectivity index is 1.45. The Morgan fingerprint density at radius 2 is 2.23 bits per heavy atom.